The van der Waals surface area contributed by atoms with Gasteiger partial charge in [0.05, 0.1) is 5.56 Å². The van der Waals surface area contributed by atoms with Gasteiger partial charge in [-0.3, -0.25) is 4.79 Å². The molecule has 62 valence electrons. The number of carbonyl (C=O) groups excluding carboxylic acids is 1. The van der Waals surface area contributed by atoms with E-state index in [2.05, 4.69) is 5.32 Å². The van der Waals surface area contributed by atoms with Crippen LogP contribution in [-0.2, 0) is 0 Å². The van der Waals surface area contributed by atoms with Crippen molar-refractivity contribution in [1.82, 2.24) is 5.32 Å². The first-order chi connectivity index (χ1) is 5.70. The number of aliphatic hydroxyl groups is 1. The van der Waals surface area contributed by atoms with Gasteiger partial charge in [0, 0.05) is 5.56 Å². The Morgan fingerprint density at radius 3 is 2.92 bits per heavy atom. The standard InChI is InChI=1S/C8H6FNO2/c9-5-3-1-2-4-6(5)8(12)10-7(4)11/h1-3,7,11H,(H,10,12). The van der Waals surface area contributed by atoms with Crippen LogP contribution in [0.2, 0.25) is 0 Å². The zero-order chi connectivity index (χ0) is 8.72. The normalized spacial score (nSPS) is 20.5. The highest BCUT2D eigenvalue weighted by atomic mass is 19.1. The Bertz CT molecular complexity index is 351. The first-order valence-corrected chi connectivity index (χ1v) is 3.47. The minimum atomic E-state index is -1.07. The number of halogens is 1. The lowest BCUT2D eigenvalue weighted by molar-refractivity contribution is 0.0849. The third-order valence-corrected chi connectivity index (χ3v) is 1.84. The number of benzene rings is 1. The molecule has 3 nitrogen and oxygen atoms in total. The first-order valence-electron chi connectivity index (χ1n) is 3.47. The van der Waals surface area contributed by atoms with E-state index in [1.54, 1.807) is 0 Å². The van der Waals surface area contributed by atoms with E-state index in [4.69, 9.17) is 0 Å². The second kappa shape index (κ2) is 2.28. The second-order valence-corrected chi connectivity index (χ2v) is 2.58. The molecule has 0 radical (unpaired) electrons. The third kappa shape index (κ3) is 0.816. The molecule has 1 aliphatic heterocycles. The van der Waals surface area contributed by atoms with Crippen LogP contribution in [0.25, 0.3) is 0 Å². The summed E-state index contributed by atoms with van der Waals surface area (Å²) in [6.45, 7) is 0. The first kappa shape index (κ1) is 7.24. The summed E-state index contributed by atoms with van der Waals surface area (Å²) in [6.07, 6.45) is -1.07. The molecule has 1 heterocycles. The average molecular weight is 167 g/mol. The number of amides is 1. The van der Waals surface area contributed by atoms with E-state index in [-0.39, 0.29) is 5.56 Å². The van der Waals surface area contributed by atoms with Crippen molar-refractivity contribution < 1.29 is 14.3 Å². The maximum atomic E-state index is 12.9. The lowest BCUT2D eigenvalue weighted by atomic mass is 10.1. The molecule has 0 saturated heterocycles. The van der Waals surface area contributed by atoms with Crippen LogP contribution >= 0.6 is 0 Å². The maximum absolute atomic E-state index is 12.9. The highest BCUT2D eigenvalue weighted by Gasteiger charge is 2.29. The average Bonchev–Trinajstić information content (AvgIpc) is 2.29. The van der Waals surface area contributed by atoms with Crippen molar-refractivity contribution in [1.29, 1.82) is 0 Å². The topological polar surface area (TPSA) is 49.3 Å². The van der Waals surface area contributed by atoms with Crippen LogP contribution in [0.5, 0.6) is 0 Å². The van der Waals surface area contributed by atoms with Crippen LogP contribution in [0.3, 0.4) is 0 Å². The van der Waals surface area contributed by atoms with E-state index in [0.29, 0.717) is 5.56 Å². The molecule has 1 aromatic carbocycles. The number of nitrogens with one attached hydrogen (secondary N) is 1. The molecule has 0 spiro atoms. The minimum Gasteiger partial charge on any atom is -0.369 e. The molecule has 1 amide bonds. The molecular weight excluding hydrogens is 161 g/mol. The highest BCUT2D eigenvalue weighted by molar-refractivity contribution is 5.99. The van der Waals surface area contributed by atoms with Crippen LogP contribution in [0.1, 0.15) is 22.1 Å². The van der Waals surface area contributed by atoms with Gasteiger partial charge in [-0.2, -0.15) is 0 Å². The Kier molecular flexibility index (Phi) is 1.38. The molecule has 0 saturated carbocycles. The molecule has 12 heavy (non-hydrogen) atoms. The van der Waals surface area contributed by atoms with Gasteiger partial charge in [-0.15, -0.1) is 0 Å². The molecule has 1 aromatic rings. The van der Waals surface area contributed by atoms with Gasteiger partial charge in [0.25, 0.3) is 5.91 Å². The molecule has 0 fully saturated rings. The van der Waals surface area contributed by atoms with Gasteiger partial charge >= 0.3 is 0 Å². The lowest BCUT2D eigenvalue weighted by Crippen LogP contribution is -2.18. The molecular formula is C8H6FNO2. The zero-order valence-corrected chi connectivity index (χ0v) is 6.04. The van der Waals surface area contributed by atoms with E-state index >= 15 is 0 Å². The summed E-state index contributed by atoms with van der Waals surface area (Å²) in [4.78, 5) is 11.0. The molecule has 0 aromatic heterocycles. The Morgan fingerprint density at radius 2 is 2.25 bits per heavy atom. The summed E-state index contributed by atoms with van der Waals surface area (Å²) in [7, 11) is 0. The van der Waals surface area contributed by atoms with E-state index in [1.807, 2.05) is 0 Å². The zero-order valence-electron chi connectivity index (χ0n) is 6.04. The quantitative estimate of drug-likeness (QED) is 0.593. The number of carbonyl (C=O) groups is 1. The summed E-state index contributed by atoms with van der Waals surface area (Å²) >= 11 is 0. The van der Waals surface area contributed by atoms with E-state index in [0.717, 1.165) is 0 Å². The van der Waals surface area contributed by atoms with Crippen molar-refractivity contribution in [2.75, 3.05) is 0 Å². The fourth-order valence-electron chi connectivity index (χ4n) is 1.28. The van der Waals surface area contributed by atoms with Crippen LogP contribution in [0, 0.1) is 5.82 Å². The molecule has 0 bridgehead atoms. The van der Waals surface area contributed by atoms with E-state index < -0.39 is 18.0 Å². The largest absolute Gasteiger partial charge is 0.369 e. The van der Waals surface area contributed by atoms with Crippen LogP contribution < -0.4 is 5.32 Å². The Hall–Kier alpha value is -1.42. The molecule has 1 atom stereocenters. The Labute approximate surface area is 67.8 Å². The summed E-state index contributed by atoms with van der Waals surface area (Å²) in [5.41, 5.74) is 0.255. The minimum absolute atomic E-state index is 0.0509. The predicted molar refractivity (Wildman–Crippen MR) is 38.8 cm³/mol. The number of hydrogen-bond acceptors (Lipinski definition) is 2. The van der Waals surface area contributed by atoms with Gasteiger partial charge in [-0.25, -0.2) is 4.39 Å². The van der Waals surface area contributed by atoms with Crippen molar-refractivity contribution in [3.63, 3.8) is 0 Å². The van der Waals surface area contributed by atoms with Crippen molar-refractivity contribution in [2.45, 2.75) is 6.23 Å². The molecule has 1 unspecified atom stereocenters. The molecule has 2 N–H and O–H groups in total. The Morgan fingerprint density at radius 1 is 1.50 bits per heavy atom. The monoisotopic (exact) mass is 167 g/mol. The summed E-state index contributed by atoms with van der Waals surface area (Å²) in [6, 6.07) is 4.16. The number of aliphatic hydroxyl groups excluding tert-OH is 1. The van der Waals surface area contributed by atoms with Gasteiger partial charge in [-0.05, 0) is 6.07 Å². The lowest BCUT2D eigenvalue weighted by Gasteiger charge is -2.00. The third-order valence-electron chi connectivity index (χ3n) is 1.84. The fourth-order valence-corrected chi connectivity index (χ4v) is 1.28. The number of rotatable bonds is 0. The summed E-state index contributed by atoms with van der Waals surface area (Å²) < 4.78 is 12.9. The van der Waals surface area contributed by atoms with Crippen LogP contribution in [0.15, 0.2) is 18.2 Å². The molecule has 0 aliphatic carbocycles. The number of hydrogen-bond donors (Lipinski definition) is 2. The van der Waals surface area contributed by atoms with Gasteiger partial charge in [0.2, 0.25) is 0 Å². The molecule has 1 aliphatic rings. The van der Waals surface area contributed by atoms with Crippen molar-refractivity contribution in [2.24, 2.45) is 0 Å². The maximum Gasteiger partial charge on any atom is 0.256 e. The van der Waals surface area contributed by atoms with E-state index in [9.17, 15) is 14.3 Å². The smallest absolute Gasteiger partial charge is 0.256 e. The number of fused-ring (bicyclic) bond motifs is 1. The Balaban J connectivity index is 2.67. The van der Waals surface area contributed by atoms with Gasteiger partial charge in [-0.1, -0.05) is 12.1 Å². The van der Waals surface area contributed by atoms with Crippen molar-refractivity contribution >= 4 is 5.91 Å². The highest BCUT2D eigenvalue weighted by Crippen LogP contribution is 2.24. The fraction of sp³-hybridized carbons (Fsp3) is 0.125. The van der Waals surface area contributed by atoms with Gasteiger partial charge < -0.3 is 10.4 Å². The summed E-state index contributed by atoms with van der Waals surface area (Å²) in [5.74, 6) is -1.16. The van der Waals surface area contributed by atoms with Gasteiger partial charge in [0.15, 0.2) is 6.23 Å². The second-order valence-electron chi connectivity index (χ2n) is 2.58. The van der Waals surface area contributed by atoms with Crippen molar-refractivity contribution in [3.8, 4) is 0 Å². The van der Waals surface area contributed by atoms with Gasteiger partial charge in [0.1, 0.15) is 5.82 Å². The van der Waals surface area contributed by atoms with Crippen LogP contribution in [-0.4, -0.2) is 11.0 Å². The molecule has 4 heteroatoms. The summed E-state index contributed by atoms with van der Waals surface area (Å²) in [5, 5.41) is 11.4. The molecule has 2 rings (SSSR count). The van der Waals surface area contributed by atoms with E-state index in [1.165, 1.54) is 18.2 Å². The van der Waals surface area contributed by atoms with Crippen molar-refractivity contribution in [3.05, 3.63) is 35.1 Å². The SMILES string of the molecule is O=C1NC(O)c2cccc(F)c21. The van der Waals surface area contributed by atoms with Crippen LogP contribution in [0.4, 0.5) is 4.39 Å². The predicted octanol–water partition coefficient (Wildman–Crippen LogP) is 0.560.